The molecule has 1 saturated heterocycles. The molecule has 0 spiro atoms. The Morgan fingerprint density at radius 1 is 0.774 bits per heavy atom. The average Bonchev–Trinajstić information content (AvgIpc) is 3.33. The van der Waals surface area contributed by atoms with Gasteiger partial charge in [-0.2, -0.15) is 0 Å². The minimum atomic E-state index is -0.0464. The molecule has 1 fully saturated rings. The summed E-state index contributed by atoms with van der Waals surface area (Å²) in [4.78, 5) is 27.8. The Morgan fingerprint density at radius 3 is 2.23 bits per heavy atom. The maximum absolute atomic E-state index is 13.3. The number of nitrogens with zero attached hydrogens (tertiary/aromatic N) is 1. The second kappa shape index (κ2) is 8.26. The number of ketones is 1. The van der Waals surface area contributed by atoms with Gasteiger partial charge in [-0.1, -0.05) is 48.5 Å². The van der Waals surface area contributed by atoms with E-state index in [1.165, 1.54) is 0 Å². The van der Waals surface area contributed by atoms with Crippen LogP contribution in [-0.4, -0.2) is 36.3 Å². The Bertz CT molecular complexity index is 1110. The highest BCUT2D eigenvalue weighted by Gasteiger charge is 2.31. The summed E-state index contributed by atoms with van der Waals surface area (Å²) in [5.74, 6) is 1.43. The monoisotopic (exact) mass is 413 g/mol. The lowest BCUT2D eigenvalue weighted by Crippen LogP contribution is -2.30. The number of carbonyl (C=O) groups is 2. The zero-order valence-corrected chi connectivity index (χ0v) is 17.1. The van der Waals surface area contributed by atoms with Gasteiger partial charge in [-0.05, 0) is 42.7 Å². The highest BCUT2D eigenvalue weighted by atomic mass is 16.6. The fourth-order valence-corrected chi connectivity index (χ4v) is 4.31. The summed E-state index contributed by atoms with van der Waals surface area (Å²) < 4.78 is 11.3. The van der Waals surface area contributed by atoms with Crippen molar-refractivity contribution in [3.05, 3.63) is 95.1 Å². The van der Waals surface area contributed by atoms with E-state index in [4.69, 9.17) is 9.47 Å². The van der Waals surface area contributed by atoms with Crippen molar-refractivity contribution in [2.24, 2.45) is 0 Å². The lowest BCUT2D eigenvalue weighted by Gasteiger charge is -2.27. The number of hydrogen-bond donors (Lipinski definition) is 0. The SMILES string of the molecule is O=C(c1ccccc1)c1ccc(C(=O)N2CCC[C@H]2c2ccc3c(c2)OCCO3)cc1. The molecule has 3 aromatic carbocycles. The summed E-state index contributed by atoms with van der Waals surface area (Å²) in [6.07, 6.45) is 1.87. The fraction of sp³-hybridized carbons (Fsp3) is 0.231. The molecule has 0 aliphatic carbocycles. The van der Waals surface area contributed by atoms with Gasteiger partial charge in [0, 0.05) is 23.2 Å². The molecule has 3 aromatic rings. The number of amides is 1. The van der Waals surface area contributed by atoms with E-state index in [0.717, 1.165) is 29.9 Å². The molecule has 0 radical (unpaired) electrons. The third kappa shape index (κ3) is 3.79. The van der Waals surface area contributed by atoms with E-state index in [2.05, 4.69) is 0 Å². The Labute approximate surface area is 181 Å². The molecule has 0 N–H and O–H groups in total. The van der Waals surface area contributed by atoms with Gasteiger partial charge in [-0.25, -0.2) is 0 Å². The minimum absolute atomic E-state index is 0.00829. The van der Waals surface area contributed by atoms with Crippen LogP contribution in [0.15, 0.2) is 72.8 Å². The first-order valence-corrected chi connectivity index (χ1v) is 10.6. The standard InChI is InChI=1S/C26H23NO4/c28-25(18-5-2-1-3-6-18)19-8-10-20(11-9-19)26(29)27-14-4-7-22(27)21-12-13-23-24(17-21)31-16-15-30-23/h1-3,5-6,8-13,17,22H,4,7,14-16H2/t22-/m0/s1. The molecule has 2 aliphatic heterocycles. The molecule has 1 amide bonds. The van der Waals surface area contributed by atoms with Crippen LogP contribution in [0.1, 0.15) is 50.7 Å². The molecule has 2 aliphatic rings. The second-order valence-electron chi connectivity index (χ2n) is 7.83. The van der Waals surface area contributed by atoms with Crippen molar-refractivity contribution >= 4 is 11.7 Å². The first kappa shape index (κ1) is 19.4. The number of fused-ring (bicyclic) bond motifs is 1. The van der Waals surface area contributed by atoms with E-state index in [9.17, 15) is 9.59 Å². The van der Waals surface area contributed by atoms with Crippen LogP contribution in [0.3, 0.4) is 0 Å². The molecule has 5 nitrogen and oxygen atoms in total. The van der Waals surface area contributed by atoms with Crippen molar-refractivity contribution in [3.63, 3.8) is 0 Å². The normalized spacial score (nSPS) is 17.4. The first-order valence-electron chi connectivity index (χ1n) is 10.6. The predicted octanol–water partition coefficient (Wildman–Crippen LogP) is 4.67. The highest BCUT2D eigenvalue weighted by Crippen LogP contribution is 2.38. The van der Waals surface area contributed by atoms with E-state index >= 15 is 0 Å². The van der Waals surface area contributed by atoms with Gasteiger partial charge in [0.1, 0.15) is 13.2 Å². The smallest absolute Gasteiger partial charge is 0.254 e. The van der Waals surface area contributed by atoms with Gasteiger partial charge in [0.2, 0.25) is 0 Å². The molecular formula is C26H23NO4. The molecule has 1 atom stereocenters. The van der Waals surface area contributed by atoms with Crippen LogP contribution in [0.2, 0.25) is 0 Å². The zero-order chi connectivity index (χ0) is 21.2. The summed E-state index contributed by atoms with van der Waals surface area (Å²) in [5.41, 5.74) is 2.87. The summed E-state index contributed by atoms with van der Waals surface area (Å²) in [6.45, 7) is 1.81. The molecule has 5 rings (SSSR count). The first-order chi connectivity index (χ1) is 15.2. The van der Waals surface area contributed by atoms with Crippen LogP contribution < -0.4 is 9.47 Å². The highest BCUT2D eigenvalue weighted by molar-refractivity contribution is 6.09. The largest absolute Gasteiger partial charge is 0.486 e. The van der Waals surface area contributed by atoms with Crippen LogP contribution in [0, 0.1) is 0 Å². The molecule has 0 aromatic heterocycles. The van der Waals surface area contributed by atoms with Crippen molar-refractivity contribution in [2.45, 2.75) is 18.9 Å². The van der Waals surface area contributed by atoms with Gasteiger partial charge in [0.25, 0.3) is 5.91 Å². The summed E-state index contributed by atoms with van der Waals surface area (Å²) in [5, 5.41) is 0. The summed E-state index contributed by atoms with van der Waals surface area (Å²) in [7, 11) is 0. The lowest BCUT2D eigenvalue weighted by atomic mass is 10.0. The van der Waals surface area contributed by atoms with Crippen molar-refractivity contribution in [2.75, 3.05) is 19.8 Å². The van der Waals surface area contributed by atoms with E-state index in [0.29, 0.717) is 36.4 Å². The summed E-state index contributed by atoms with van der Waals surface area (Å²) in [6, 6.07) is 22.1. The fourth-order valence-electron chi connectivity index (χ4n) is 4.31. The molecule has 31 heavy (non-hydrogen) atoms. The topological polar surface area (TPSA) is 55.8 Å². The van der Waals surface area contributed by atoms with Crippen LogP contribution in [-0.2, 0) is 0 Å². The van der Waals surface area contributed by atoms with E-state index < -0.39 is 0 Å². The molecule has 0 bridgehead atoms. The van der Waals surface area contributed by atoms with E-state index in [-0.39, 0.29) is 17.7 Å². The lowest BCUT2D eigenvalue weighted by molar-refractivity contribution is 0.0734. The number of rotatable bonds is 4. The molecule has 156 valence electrons. The number of benzene rings is 3. The number of likely N-dealkylation sites (tertiary alicyclic amines) is 1. The predicted molar refractivity (Wildman–Crippen MR) is 117 cm³/mol. The molecule has 5 heteroatoms. The van der Waals surface area contributed by atoms with Gasteiger partial charge in [-0.3, -0.25) is 9.59 Å². The Morgan fingerprint density at radius 2 is 1.45 bits per heavy atom. The van der Waals surface area contributed by atoms with Crippen molar-refractivity contribution in [1.29, 1.82) is 0 Å². The van der Waals surface area contributed by atoms with Gasteiger partial charge in [0.15, 0.2) is 17.3 Å². The number of hydrogen-bond acceptors (Lipinski definition) is 4. The van der Waals surface area contributed by atoms with Crippen LogP contribution in [0.5, 0.6) is 11.5 Å². The summed E-state index contributed by atoms with van der Waals surface area (Å²) >= 11 is 0. The minimum Gasteiger partial charge on any atom is -0.486 e. The maximum Gasteiger partial charge on any atom is 0.254 e. The molecule has 0 saturated carbocycles. The molecular weight excluding hydrogens is 390 g/mol. The van der Waals surface area contributed by atoms with E-state index in [1.807, 2.05) is 41.3 Å². The Hall–Kier alpha value is -3.60. The van der Waals surface area contributed by atoms with Crippen molar-refractivity contribution in [3.8, 4) is 11.5 Å². The van der Waals surface area contributed by atoms with Crippen LogP contribution in [0.4, 0.5) is 0 Å². The van der Waals surface area contributed by atoms with Crippen LogP contribution >= 0.6 is 0 Å². The quantitative estimate of drug-likeness (QED) is 0.584. The van der Waals surface area contributed by atoms with Gasteiger partial charge >= 0.3 is 0 Å². The number of carbonyl (C=O) groups excluding carboxylic acids is 2. The third-order valence-corrected chi connectivity index (χ3v) is 5.89. The Balaban J connectivity index is 1.35. The third-order valence-electron chi connectivity index (χ3n) is 5.89. The van der Waals surface area contributed by atoms with Gasteiger partial charge < -0.3 is 14.4 Å². The maximum atomic E-state index is 13.3. The number of ether oxygens (including phenoxy) is 2. The molecule has 0 unspecified atom stereocenters. The average molecular weight is 413 g/mol. The second-order valence-corrected chi connectivity index (χ2v) is 7.83. The van der Waals surface area contributed by atoms with Crippen molar-refractivity contribution in [1.82, 2.24) is 4.90 Å². The molecule has 2 heterocycles. The van der Waals surface area contributed by atoms with E-state index in [1.54, 1.807) is 36.4 Å². The zero-order valence-electron chi connectivity index (χ0n) is 17.1. The van der Waals surface area contributed by atoms with Crippen molar-refractivity contribution < 1.29 is 19.1 Å². The van der Waals surface area contributed by atoms with Gasteiger partial charge in [0.05, 0.1) is 6.04 Å². The van der Waals surface area contributed by atoms with Crippen LogP contribution in [0.25, 0.3) is 0 Å². The van der Waals surface area contributed by atoms with Gasteiger partial charge in [-0.15, -0.1) is 0 Å². The Kier molecular flexibility index (Phi) is 5.16.